The Morgan fingerprint density at radius 3 is 2.40 bits per heavy atom. The van der Waals surface area contributed by atoms with Gasteiger partial charge in [-0.15, -0.1) is 0 Å². The molecule has 30 heavy (non-hydrogen) atoms. The summed E-state index contributed by atoms with van der Waals surface area (Å²) in [6.07, 6.45) is 1.78. The molecule has 0 fully saturated rings. The molecular formula is C25H22N2O3. The molecule has 5 heteroatoms. The third-order valence-corrected chi connectivity index (χ3v) is 4.70. The summed E-state index contributed by atoms with van der Waals surface area (Å²) in [5.41, 5.74) is 2.83. The summed E-state index contributed by atoms with van der Waals surface area (Å²) >= 11 is 0. The van der Waals surface area contributed by atoms with E-state index in [2.05, 4.69) is 4.99 Å². The number of carbonyl (C=O) groups excluding carboxylic acids is 1. The van der Waals surface area contributed by atoms with Crippen molar-refractivity contribution in [3.8, 4) is 11.5 Å². The van der Waals surface area contributed by atoms with Gasteiger partial charge in [0.2, 0.25) is 0 Å². The maximum absolute atomic E-state index is 13.3. The molecule has 0 aliphatic carbocycles. The van der Waals surface area contributed by atoms with Crippen LogP contribution >= 0.6 is 0 Å². The number of amides is 1. The molecule has 0 bridgehead atoms. The monoisotopic (exact) mass is 398 g/mol. The number of rotatable bonds is 6. The Labute approximate surface area is 175 Å². The van der Waals surface area contributed by atoms with Crippen LogP contribution < -0.4 is 14.4 Å². The lowest BCUT2D eigenvalue weighted by molar-refractivity contribution is -0.113. The van der Waals surface area contributed by atoms with Gasteiger partial charge in [0.15, 0.2) is 0 Å². The van der Waals surface area contributed by atoms with Crippen molar-refractivity contribution in [1.29, 1.82) is 0 Å². The number of aliphatic imine (C=N–C) groups is 1. The zero-order chi connectivity index (χ0) is 20.9. The Hall–Kier alpha value is -3.86. The van der Waals surface area contributed by atoms with Gasteiger partial charge in [0.25, 0.3) is 5.91 Å². The highest BCUT2D eigenvalue weighted by Crippen LogP contribution is 2.29. The Bertz CT molecular complexity index is 1100. The van der Waals surface area contributed by atoms with Crippen LogP contribution in [0.25, 0.3) is 6.08 Å². The predicted octanol–water partition coefficient (Wildman–Crippen LogP) is 4.93. The average molecular weight is 398 g/mol. The number of nitrogens with zero attached hydrogens (tertiary/aromatic N) is 2. The van der Waals surface area contributed by atoms with E-state index >= 15 is 0 Å². The summed E-state index contributed by atoms with van der Waals surface area (Å²) in [5.74, 6) is 1.91. The highest BCUT2D eigenvalue weighted by molar-refractivity contribution is 6.33. The highest BCUT2D eigenvalue weighted by atomic mass is 16.5. The van der Waals surface area contributed by atoms with Gasteiger partial charge >= 0.3 is 0 Å². The summed E-state index contributed by atoms with van der Waals surface area (Å²) in [4.78, 5) is 19.7. The minimum absolute atomic E-state index is 0.180. The first-order valence-electron chi connectivity index (χ1n) is 9.77. The van der Waals surface area contributed by atoms with Crippen molar-refractivity contribution in [2.24, 2.45) is 4.99 Å². The fourth-order valence-electron chi connectivity index (χ4n) is 3.28. The summed E-state index contributed by atoms with van der Waals surface area (Å²) < 4.78 is 10.8. The highest BCUT2D eigenvalue weighted by Gasteiger charge is 2.32. The molecule has 1 amide bonds. The first-order valence-corrected chi connectivity index (χ1v) is 9.77. The van der Waals surface area contributed by atoms with Crippen LogP contribution in [0.15, 0.2) is 89.6 Å². The van der Waals surface area contributed by atoms with Crippen LogP contribution in [0.1, 0.15) is 18.1 Å². The molecule has 1 aliphatic rings. The second-order valence-electron chi connectivity index (χ2n) is 6.68. The first-order chi connectivity index (χ1) is 14.7. The van der Waals surface area contributed by atoms with E-state index in [1.807, 2.05) is 85.8 Å². The van der Waals surface area contributed by atoms with Gasteiger partial charge in [-0.3, -0.25) is 9.69 Å². The summed E-state index contributed by atoms with van der Waals surface area (Å²) in [6, 6.07) is 24.7. The van der Waals surface area contributed by atoms with Crippen LogP contribution in [0.5, 0.6) is 11.5 Å². The van der Waals surface area contributed by atoms with Crippen LogP contribution in [0.4, 0.5) is 5.69 Å². The molecule has 0 radical (unpaired) electrons. The van der Waals surface area contributed by atoms with Gasteiger partial charge in [-0.1, -0.05) is 42.5 Å². The Balaban J connectivity index is 1.76. The zero-order valence-corrected chi connectivity index (χ0v) is 16.9. The number of hydrogen-bond donors (Lipinski definition) is 0. The van der Waals surface area contributed by atoms with Crippen molar-refractivity contribution >= 4 is 23.5 Å². The average Bonchev–Trinajstić information content (AvgIpc) is 3.11. The van der Waals surface area contributed by atoms with Crippen LogP contribution in [0.3, 0.4) is 0 Å². The summed E-state index contributed by atoms with van der Waals surface area (Å²) in [5, 5.41) is 0. The lowest BCUT2D eigenvalue weighted by Gasteiger charge is -2.19. The van der Waals surface area contributed by atoms with Crippen molar-refractivity contribution in [2.75, 3.05) is 18.6 Å². The number of benzene rings is 3. The standard InChI is InChI=1S/C25H22N2O3/c1-3-30-21-14-12-20(13-15-21)27-24(19-9-5-4-6-10-19)26-23(25(27)28)17-18-8-7-11-22(16-18)29-2/h4-17H,3H2,1-2H3/b23-17+. The molecule has 4 rings (SSSR count). The quantitative estimate of drug-likeness (QED) is 0.553. The van der Waals surface area contributed by atoms with E-state index in [9.17, 15) is 4.79 Å². The van der Waals surface area contributed by atoms with Crippen LogP contribution in [0, 0.1) is 0 Å². The van der Waals surface area contributed by atoms with Gasteiger partial charge in [0.05, 0.1) is 19.4 Å². The number of ether oxygens (including phenoxy) is 2. The molecule has 1 aliphatic heterocycles. The van der Waals surface area contributed by atoms with Gasteiger partial charge in [-0.25, -0.2) is 4.99 Å². The molecule has 150 valence electrons. The van der Waals surface area contributed by atoms with E-state index in [1.54, 1.807) is 18.1 Å². The maximum Gasteiger partial charge on any atom is 0.282 e. The lowest BCUT2D eigenvalue weighted by atomic mass is 10.1. The van der Waals surface area contributed by atoms with Crippen LogP contribution in [-0.4, -0.2) is 25.5 Å². The molecule has 0 unspecified atom stereocenters. The molecule has 0 saturated carbocycles. The molecule has 0 atom stereocenters. The minimum Gasteiger partial charge on any atom is -0.497 e. The van der Waals surface area contributed by atoms with Crippen LogP contribution in [-0.2, 0) is 4.79 Å². The first kappa shape index (κ1) is 19.5. The number of amidine groups is 1. The summed E-state index contributed by atoms with van der Waals surface area (Å²) in [6.45, 7) is 2.53. The molecule has 1 heterocycles. The van der Waals surface area contributed by atoms with Gasteiger partial charge in [0, 0.05) is 5.56 Å². The lowest BCUT2D eigenvalue weighted by Crippen LogP contribution is -2.32. The number of carbonyl (C=O) groups is 1. The largest absolute Gasteiger partial charge is 0.497 e. The van der Waals surface area contributed by atoms with Gasteiger partial charge in [-0.2, -0.15) is 0 Å². The zero-order valence-electron chi connectivity index (χ0n) is 16.9. The van der Waals surface area contributed by atoms with E-state index in [-0.39, 0.29) is 5.91 Å². The predicted molar refractivity (Wildman–Crippen MR) is 119 cm³/mol. The van der Waals surface area contributed by atoms with Crippen molar-refractivity contribution in [3.63, 3.8) is 0 Å². The Morgan fingerprint density at radius 1 is 0.933 bits per heavy atom. The van der Waals surface area contributed by atoms with E-state index in [0.29, 0.717) is 18.1 Å². The molecule has 0 N–H and O–H groups in total. The third kappa shape index (κ3) is 3.96. The molecule has 0 spiro atoms. The number of methoxy groups -OCH3 is 1. The van der Waals surface area contributed by atoms with E-state index in [0.717, 1.165) is 28.3 Å². The normalized spacial score (nSPS) is 14.7. The van der Waals surface area contributed by atoms with E-state index in [1.165, 1.54) is 0 Å². The fraction of sp³-hybridized carbons (Fsp3) is 0.120. The van der Waals surface area contributed by atoms with Crippen molar-refractivity contribution in [2.45, 2.75) is 6.92 Å². The van der Waals surface area contributed by atoms with Gasteiger partial charge in [-0.05, 0) is 55.0 Å². The Morgan fingerprint density at radius 2 is 1.70 bits per heavy atom. The second kappa shape index (κ2) is 8.66. The molecule has 3 aromatic rings. The maximum atomic E-state index is 13.3. The van der Waals surface area contributed by atoms with Crippen LogP contribution in [0.2, 0.25) is 0 Å². The van der Waals surface area contributed by atoms with Crippen molar-refractivity contribution in [1.82, 2.24) is 0 Å². The Kier molecular flexibility index (Phi) is 5.61. The van der Waals surface area contributed by atoms with Crippen molar-refractivity contribution in [3.05, 3.63) is 95.7 Å². The molecule has 5 nitrogen and oxygen atoms in total. The van der Waals surface area contributed by atoms with Gasteiger partial charge in [0.1, 0.15) is 23.0 Å². The van der Waals surface area contributed by atoms with Crippen molar-refractivity contribution < 1.29 is 14.3 Å². The molecule has 0 saturated heterocycles. The third-order valence-electron chi connectivity index (χ3n) is 4.70. The SMILES string of the molecule is CCOc1ccc(N2C(=O)/C(=C\c3cccc(OC)c3)N=C2c2ccccc2)cc1. The number of anilines is 1. The molecular weight excluding hydrogens is 376 g/mol. The number of hydrogen-bond acceptors (Lipinski definition) is 4. The summed E-state index contributed by atoms with van der Waals surface area (Å²) in [7, 11) is 1.62. The van der Waals surface area contributed by atoms with E-state index < -0.39 is 0 Å². The fourth-order valence-corrected chi connectivity index (χ4v) is 3.28. The minimum atomic E-state index is -0.180. The molecule has 3 aromatic carbocycles. The van der Waals surface area contributed by atoms with Gasteiger partial charge < -0.3 is 9.47 Å². The second-order valence-corrected chi connectivity index (χ2v) is 6.68. The molecule has 0 aromatic heterocycles. The smallest absolute Gasteiger partial charge is 0.282 e. The van der Waals surface area contributed by atoms with E-state index in [4.69, 9.17) is 9.47 Å². The topological polar surface area (TPSA) is 51.1 Å².